The number of piperidine rings is 1. The Bertz CT molecular complexity index is 353. The minimum atomic E-state index is 0.507. The molecule has 1 fully saturated rings. The van der Waals surface area contributed by atoms with Crippen LogP contribution in [0.3, 0.4) is 0 Å². The third-order valence-electron chi connectivity index (χ3n) is 2.85. The molecule has 2 N–H and O–H groups in total. The van der Waals surface area contributed by atoms with Crippen molar-refractivity contribution in [1.82, 2.24) is 10.3 Å². The van der Waals surface area contributed by atoms with Crippen LogP contribution >= 0.6 is 27.5 Å². The Morgan fingerprint density at radius 3 is 2.94 bits per heavy atom. The fourth-order valence-corrected chi connectivity index (χ4v) is 2.32. The molecule has 1 aliphatic heterocycles. The summed E-state index contributed by atoms with van der Waals surface area (Å²) >= 11 is 9.20. The summed E-state index contributed by atoms with van der Waals surface area (Å²) in [4.78, 5) is 4.09. The molecule has 0 aliphatic carbocycles. The van der Waals surface area contributed by atoms with Gasteiger partial charge in [0.05, 0.1) is 16.4 Å². The van der Waals surface area contributed by atoms with E-state index < -0.39 is 0 Å². The van der Waals surface area contributed by atoms with Crippen molar-refractivity contribution in [3.8, 4) is 0 Å². The highest BCUT2D eigenvalue weighted by atomic mass is 79.9. The van der Waals surface area contributed by atoms with E-state index in [0.717, 1.165) is 35.7 Å². The number of aromatic nitrogens is 1. The van der Waals surface area contributed by atoms with Gasteiger partial charge in [0.15, 0.2) is 0 Å². The smallest absolute Gasteiger partial charge is 0.143 e. The van der Waals surface area contributed by atoms with Crippen LogP contribution in [-0.2, 0) is 0 Å². The van der Waals surface area contributed by atoms with Crippen molar-refractivity contribution in [2.24, 2.45) is 5.92 Å². The number of rotatable bonds is 3. The Kier molecular flexibility index (Phi) is 4.44. The van der Waals surface area contributed by atoms with Crippen LogP contribution in [0, 0.1) is 5.92 Å². The molecule has 2 rings (SSSR count). The van der Waals surface area contributed by atoms with Crippen molar-refractivity contribution in [2.75, 3.05) is 25.0 Å². The lowest BCUT2D eigenvalue weighted by molar-refractivity contribution is 0.390. The van der Waals surface area contributed by atoms with E-state index in [1.807, 2.05) is 6.07 Å². The average Bonchev–Trinajstić information content (AvgIpc) is 2.32. The van der Waals surface area contributed by atoms with Gasteiger partial charge in [0.2, 0.25) is 0 Å². The molecular formula is C11H15BrClN3. The zero-order valence-corrected chi connectivity index (χ0v) is 11.3. The molecule has 3 nitrogen and oxygen atoms in total. The number of nitrogens with one attached hydrogen (secondary N) is 2. The molecule has 1 saturated heterocycles. The lowest BCUT2D eigenvalue weighted by Gasteiger charge is -2.23. The Labute approximate surface area is 109 Å². The number of anilines is 1. The van der Waals surface area contributed by atoms with Crippen LogP contribution in [0.1, 0.15) is 12.8 Å². The summed E-state index contributed by atoms with van der Waals surface area (Å²) in [7, 11) is 0. The van der Waals surface area contributed by atoms with Crippen LogP contribution in [0.4, 0.5) is 5.69 Å². The van der Waals surface area contributed by atoms with E-state index in [9.17, 15) is 0 Å². The van der Waals surface area contributed by atoms with Gasteiger partial charge in [0.25, 0.3) is 0 Å². The maximum absolute atomic E-state index is 5.84. The molecule has 0 amide bonds. The molecule has 0 radical (unpaired) electrons. The molecule has 0 unspecified atom stereocenters. The van der Waals surface area contributed by atoms with Crippen LogP contribution in [-0.4, -0.2) is 24.6 Å². The predicted octanol–water partition coefficient (Wildman–Crippen LogP) is 2.91. The van der Waals surface area contributed by atoms with Crippen molar-refractivity contribution in [3.05, 3.63) is 21.9 Å². The van der Waals surface area contributed by atoms with E-state index in [1.165, 1.54) is 12.8 Å². The summed E-state index contributed by atoms with van der Waals surface area (Å²) in [5, 5.41) is 7.27. The second-order valence-electron chi connectivity index (χ2n) is 4.07. The van der Waals surface area contributed by atoms with Gasteiger partial charge in [-0.2, -0.15) is 0 Å². The first-order valence-electron chi connectivity index (χ1n) is 5.51. The summed E-state index contributed by atoms with van der Waals surface area (Å²) in [6.07, 6.45) is 4.26. The minimum Gasteiger partial charge on any atom is -0.383 e. The van der Waals surface area contributed by atoms with Crippen molar-refractivity contribution in [2.45, 2.75) is 12.8 Å². The first-order valence-corrected chi connectivity index (χ1v) is 6.68. The topological polar surface area (TPSA) is 37.0 Å². The van der Waals surface area contributed by atoms with Crippen molar-refractivity contribution in [3.63, 3.8) is 0 Å². The van der Waals surface area contributed by atoms with Crippen LogP contribution < -0.4 is 10.6 Å². The number of nitrogens with zero attached hydrogens (tertiary/aromatic N) is 1. The number of pyridine rings is 1. The van der Waals surface area contributed by atoms with Gasteiger partial charge in [0, 0.05) is 6.54 Å². The zero-order chi connectivity index (χ0) is 11.4. The first kappa shape index (κ1) is 12.1. The highest BCUT2D eigenvalue weighted by Gasteiger charge is 2.12. The van der Waals surface area contributed by atoms with E-state index in [-0.39, 0.29) is 0 Å². The molecule has 0 aromatic carbocycles. The predicted molar refractivity (Wildman–Crippen MR) is 71.0 cm³/mol. The molecule has 0 saturated carbocycles. The SMILES string of the molecule is Clc1ncc(NCC2CCNCC2)cc1Br. The normalized spacial score (nSPS) is 17.4. The van der Waals surface area contributed by atoms with Gasteiger partial charge in [-0.15, -0.1) is 0 Å². The van der Waals surface area contributed by atoms with Crippen LogP contribution in [0.2, 0.25) is 5.15 Å². The van der Waals surface area contributed by atoms with Gasteiger partial charge >= 0.3 is 0 Å². The van der Waals surface area contributed by atoms with E-state index in [1.54, 1.807) is 6.20 Å². The van der Waals surface area contributed by atoms with E-state index in [4.69, 9.17) is 11.6 Å². The van der Waals surface area contributed by atoms with E-state index >= 15 is 0 Å². The second kappa shape index (κ2) is 5.84. The average molecular weight is 305 g/mol. The van der Waals surface area contributed by atoms with Crippen molar-refractivity contribution >= 4 is 33.2 Å². The Balaban J connectivity index is 1.86. The maximum atomic E-state index is 5.84. The minimum absolute atomic E-state index is 0.507. The molecule has 1 aromatic heterocycles. The number of hydrogen-bond acceptors (Lipinski definition) is 3. The second-order valence-corrected chi connectivity index (χ2v) is 5.28. The molecular weight excluding hydrogens is 289 g/mol. The van der Waals surface area contributed by atoms with Gasteiger partial charge < -0.3 is 10.6 Å². The standard InChI is InChI=1S/C11H15BrClN3/c12-10-5-9(7-16-11(10)13)15-6-8-1-3-14-4-2-8/h5,7-8,14-15H,1-4,6H2. The van der Waals surface area contributed by atoms with Crippen molar-refractivity contribution in [1.29, 1.82) is 0 Å². The summed E-state index contributed by atoms with van der Waals surface area (Å²) in [5.41, 5.74) is 1.02. The number of halogens is 2. The monoisotopic (exact) mass is 303 g/mol. The van der Waals surface area contributed by atoms with Gasteiger partial charge in [-0.1, -0.05) is 11.6 Å². The summed E-state index contributed by atoms with van der Waals surface area (Å²) < 4.78 is 0.837. The molecule has 1 aliphatic rings. The van der Waals surface area contributed by atoms with Gasteiger partial charge in [0.1, 0.15) is 5.15 Å². The van der Waals surface area contributed by atoms with E-state index in [2.05, 4.69) is 31.5 Å². The zero-order valence-electron chi connectivity index (χ0n) is 8.97. The largest absolute Gasteiger partial charge is 0.383 e. The number of hydrogen-bond donors (Lipinski definition) is 2. The Morgan fingerprint density at radius 2 is 2.25 bits per heavy atom. The lowest BCUT2D eigenvalue weighted by atomic mass is 9.98. The van der Waals surface area contributed by atoms with Crippen molar-refractivity contribution < 1.29 is 0 Å². The molecule has 5 heteroatoms. The highest BCUT2D eigenvalue weighted by Crippen LogP contribution is 2.23. The fourth-order valence-electron chi connectivity index (χ4n) is 1.87. The fraction of sp³-hybridized carbons (Fsp3) is 0.545. The molecule has 0 atom stereocenters. The van der Waals surface area contributed by atoms with Crippen LogP contribution in [0.15, 0.2) is 16.7 Å². The van der Waals surface area contributed by atoms with Crippen LogP contribution in [0.25, 0.3) is 0 Å². The molecule has 88 valence electrons. The first-order chi connectivity index (χ1) is 7.75. The molecule has 1 aromatic rings. The third-order valence-corrected chi connectivity index (χ3v) is 3.98. The molecule has 16 heavy (non-hydrogen) atoms. The van der Waals surface area contributed by atoms with Crippen LogP contribution in [0.5, 0.6) is 0 Å². The Hall–Kier alpha value is -0.320. The summed E-state index contributed by atoms with van der Waals surface area (Å²) in [6, 6.07) is 1.97. The summed E-state index contributed by atoms with van der Waals surface area (Å²) in [6.45, 7) is 3.28. The molecule has 0 bridgehead atoms. The lowest BCUT2D eigenvalue weighted by Crippen LogP contribution is -2.31. The van der Waals surface area contributed by atoms with E-state index in [0.29, 0.717) is 5.15 Å². The van der Waals surface area contributed by atoms with Gasteiger partial charge in [-0.05, 0) is 53.8 Å². The van der Waals surface area contributed by atoms with Gasteiger partial charge in [-0.25, -0.2) is 4.98 Å². The third kappa shape index (κ3) is 3.34. The summed E-state index contributed by atoms with van der Waals surface area (Å²) in [5.74, 6) is 0.760. The highest BCUT2D eigenvalue weighted by molar-refractivity contribution is 9.10. The molecule has 0 spiro atoms. The Morgan fingerprint density at radius 1 is 1.50 bits per heavy atom. The quantitative estimate of drug-likeness (QED) is 0.843. The maximum Gasteiger partial charge on any atom is 0.143 e. The van der Waals surface area contributed by atoms with Gasteiger partial charge in [-0.3, -0.25) is 0 Å². The molecule has 2 heterocycles.